The fourth-order valence-corrected chi connectivity index (χ4v) is 4.41. The summed E-state index contributed by atoms with van der Waals surface area (Å²) in [7, 11) is -1.04. The maximum Gasteiger partial charge on any atom is 0.349 e. The Morgan fingerprint density at radius 3 is 2.65 bits per heavy atom. The summed E-state index contributed by atoms with van der Waals surface area (Å²) in [5, 5.41) is 1.63. The smallest absolute Gasteiger partial charge is 0.349 e. The molecule has 0 aliphatic carbocycles. The molecule has 1 rings (SSSR count). The maximum absolute atomic E-state index is 12.5. The van der Waals surface area contributed by atoms with Gasteiger partial charge in [0.15, 0.2) is 0 Å². The van der Waals surface area contributed by atoms with E-state index in [0.717, 1.165) is 11.3 Å². The van der Waals surface area contributed by atoms with Gasteiger partial charge in [0.1, 0.15) is 9.77 Å². The molecule has 20 heavy (non-hydrogen) atoms. The van der Waals surface area contributed by atoms with Crippen LogP contribution in [0.5, 0.6) is 0 Å². The normalized spacial score (nSPS) is 11.8. The van der Waals surface area contributed by atoms with Gasteiger partial charge in [0.25, 0.3) is 0 Å². The highest BCUT2D eigenvalue weighted by molar-refractivity contribution is 7.89. The lowest BCUT2D eigenvalue weighted by molar-refractivity contribution is 0.0602. The molecule has 0 radical (unpaired) electrons. The molecule has 0 saturated carbocycles. The second kappa shape index (κ2) is 7.16. The van der Waals surface area contributed by atoms with Crippen LogP contribution in [-0.2, 0) is 19.5 Å². The number of thiophene rings is 1. The summed E-state index contributed by atoms with van der Waals surface area (Å²) < 4.78 is 36.0. The molecule has 0 aromatic carbocycles. The van der Waals surface area contributed by atoms with Crippen molar-refractivity contribution in [2.45, 2.75) is 18.7 Å². The van der Waals surface area contributed by atoms with E-state index in [9.17, 15) is 13.2 Å². The third-order valence-electron chi connectivity index (χ3n) is 2.71. The van der Waals surface area contributed by atoms with Gasteiger partial charge in [-0.25, -0.2) is 13.2 Å². The molecule has 0 fully saturated rings. The summed E-state index contributed by atoms with van der Waals surface area (Å²) in [5.74, 6) is -0.639. The summed E-state index contributed by atoms with van der Waals surface area (Å²) in [6.45, 7) is 4.56. The maximum atomic E-state index is 12.5. The summed E-state index contributed by atoms with van der Waals surface area (Å²) in [4.78, 5) is 11.8. The minimum atomic E-state index is -3.73. The van der Waals surface area contributed by atoms with E-state index in [1.165, 1.54) is 18.5 Å². The number of hydrogen-bond acceptors (Lipinski definition) is 6. The zero-order chi connectivity index (χ0) is 15.3. The van der Waals surface area contributed by atoms with Crippen LogP contribution in [0.3, 0.4) is 0 Å². The van der Waals surface area contributed by atoms with Gasteiger partial charge in [0, 0.05) is 20.2 Å². The fourth-order valence-electron chi connectivity index (χ4n) is 1.60. The number of aryl methyl sites for hydroxylation is 1. The van der Waals surface area contributed by atoms with Crippen LogP contribution < -0.4 is 0 Å². The lowest BCUT2D eigenvalue weighted by atomic mass is 10.3. The Bertz CT molecular complexity index is 564. The molecule has 0 atom stereocenters. The fraction of sp³-hybridized carbons (Fsp3) is 0.583. The number of likely N-dealkylation sites (N-methyl/N-ethyl adjacent to an activating group) is 1. The molecule has 0 N–H and O–H groups in total. The average Bonchev–Trinajstić information content (AvgIpc) is 2.80. The molecule has 0 aliphatic heterocycles. The van der Waals surface area contributed by atoms with Gasteiger partial charge in [-0.3, -0.25) is 0 Å². The van der Waals surface area contributed by atoms with Gasteiger partial charge in [-0.05, 0) is 24.8 Å². The number of nitrogens with zero attached hydrogens (tertiary/aromatic N) is 1. The molecule has 0 amide bonds. The number of methoxy groups -OCH3 is 1. The first-order valence-corrected chi connectivity index (χ1v) is 8.38. The minimum Gasteiger partial charge on any atom is -0.465 e. The van der Waals surface area contributed by atoms with Crippen molar-refractivity contribution in [1.29, 1.82) is 0 Å². The largest absolute Gasteiger partial charge is 0.465 e. The first-order chi connectivity index (χ1) is 9.36. The zero-order valence-corrected chi connectivity index (χ0v) is 13.6. The number of rotatable bonds is 7. The molecule has 0 saturated heterocycles. The van der Waals surface area contributed by atoms with Gasteiger partial charge in [0.2, 0.25) is 10.0 Å². The van der Waals surface area contributed by atoms with E-state index in [4.69, 9.17) is 4.74 Å². The number of ether oxygens (including phenoxy) is 2. The molecular formula is C12H19NO5S2. The number of carbonyl (C=O) groups is 1. The number of sulfonamides is 1. The van der Waals surface area contributed by atoms with Crippen LogP contribution in [0.4, 0.5) is 0 Å². The molecule has 114 valence electrons. The van der Waals surface area contributed by atoms with Crippen molar-refractivity contribution >= 4 is 27.3 Å². The van der Waals surface area contributed by atoms with E-state index >= 15 is 0 Å². The first kappa shape index (κ1) is 17.1. The van der Waals surface area contributed by atoms with Crippen LogP contribution in [0.1, 0.15) is 22.2 Å². The monoisotopic (exact) mass is 321 g/mol. The highest BCUT2D eigenvalue weighted by atomic mass is 32.2. The number of esters is 1. The Morgan fingerprint density at radius 1 is 1.45 bits per heavy atom. The van der Waals surface area contributed by atoms with Crippen molar-refractivity contribution < 1.29 is 22.7 Å². The van der Waals surface area contributed by atoms with Gasteiger partial charge >= 0.3 is 5.97 Å². The molecule has 0 unspecified atom stereocenters. The van der Waals surface area contributed by atoms with Crippen molar-refractivity contribution in [1.82, 2.24) is 4.31 Å². The molecule has 1 heterocycles. The van der Waals surface area contributed by atoms with Crippen molar-refractivity contribution in [3.8, 4) is 0 Å². The predicted octanol–water partition coefficient (Wildman–Crippen LogP) is 1.50. The van der Waals surface area contributed by atoms with Gasteiger partial charge in [-0.1, -0.05) is 0 Å². The Kier molecular flexibility index (Phi) is 6.12. The molecule has 1 aromatic rings. The second-order valence-corrected chi connectivity index (χ2v) is 6.95. The topological polar surface area (TPSA) is 72.9 Å². The van der Waals surface area contributed by atoms with E-state index in [0.29, 0.717) is 18.8 Å². The summed E-state index contributed by atoms with van der Waals surface area (Å²) in [6.07, 6.45) is 0. The van der Waals surface area contributed by atoms with Crippen LogP contribution in [0.2, 0.25) is 0 Å². The van der Waals surface area contributed by atoms with Crippen LogP contribution >= 0.6 is 11.3 Å². The van der Waals surface area contributed by atoms with Crippen molar-refractivity contribution in [3.63, 3.8) is 0 Å². The minimum absolute atomic E-state index is 0.0216. The van der Waals surface area contributed by atoms with Crippen LogP contribution in [0, 0.1) is 6.92 Å². The van der Waals surface area contributed by atoms with Gasteiger partial charge in [0.05, 0.1) is 13.7 Å². The molecule has 6 nitrogen and oxygen atoms in total. The van der Waals surface area contributed by atoms with Crippen molar-refractivity contribution in [2.75, 3.05) is 33.9 Å². The van der Waals surface area contributed by atoms with Crippen LogP contribution in [-0.4, -0.2) is 52.6 Å². The van der Waals surface area contributed by atoms with E-state index in [2.05, 4.69) is 4.74 Å². The van der Waals surface area contributed by atoms with Crippen molar-refractivity contribution in [3.05, 3.63) is 15.8 Å². The molecule has 8 heteroatoms. The molecule has 0 spiro atoms. The second-order valence-electron chi connectivity index (χ2n) is 4.09. The molecule has 0 aliphatic rings. The van der Waals surface area contributed by atoms with Gasteiger partial charge in [-0.15, -0.1) is 11.3 Å². The Balaban J connectivity index is 3.09. The quantitative estimate of drug-likeness (QED) is 0.562. The molecular weight excluding hydrogens is 302 g/mol. The average molecular weight is 321 g/mol. The Hall–Kier alpha value is -0.960. The predicted molar refractivity (Wildman–Crippen MR) is 76.7 cm³/mol. The van der Waals surface area contributed by atoms with E-state index in [1.807, 2.05) is 6.92 Å². The van der Waals surface area contributed by atoms with E-state index in [1.54, 1.807) is 12.3 Å². The van der Waals surface area contributed by atoms with Crippen LogP contribution in [0.25, 0.3) is 0 Å². The summed E-state index contributed by atoms with van der Waals surface area (Å²) >= 11 is 1.07. The van der Waals surface area contributed by atoms with E-state index in [-0.39, 0.29) is 16.3 Å². The Labute approximate surface area is 123 Å². The van der Waals surface area contributed by atoms with E-state index < -0.39 is 16.0 Å². The molecule has 0 bridgehead atoms. The highest BCUT2D eigenvalue weighted by Crippen LogP contribution is 2.29. The lowest BCUT2D eigenvalue weighted by Crippen LogP contribution is -2.31. The molecule has 1 aromatic heterocycles. The van der Waals surface area contributed by atoms with Crippen LogP contribution in [0.15, 0.2) is 10.3 Å². The summed E-state index contributed by atoms with van der Waals surface area (Å²) in [6, 6.07) is 0. The first-order valence-electron chi connectivity index (χ1n) is 6.06. The Morgan fingerprint density at radius 2 is 2.10 bits per heavy atom. The summed E-state index contributed by atoms with van der Waals surface area (Å²) in [5.41, 5.74) is 0.540. The third kappa shape index (κ3) is 3.57. The van der Waals surface area contributed by atoms with Gasteiger partial charge in [-0.2, -0.15) is 4.31 Å². The number of carbonyl (C=O) groups excluding carboxylic acids is 1. The SMILES string of the molecule is CCOCCN(C)S(=O)(=O)c1c(C)csc1C(=O)OC. The standard InChI is InChI=1S/C12H19NO5S2/c1-5-18-7-6-13(3)20(15,16)11-9(2)8-19-10(11)12(14)17-4/h8H,5-7H2,1-4H3. The zero-order valence-electron chi connectivity index (χ0n) is 12.0. The van der Waals surface area contributed by atoms with Crippen molar-refractivity contribution in [2.24, 2.45) is 0 Å². The third-order valence-corrected chi connectivity index (χ3v) is 5.96. The number of hydrogen-bond donors (Lipinski definition) is 0. The van der Waals surface area contributed by atoms with Gasteiger partial charge < -0.3 is 9.47 Å². The lowest BCUT2D eigenvalue weighted by Gasteiger charge is -2.17. The highest BCUT2D eigenvalue weighted by Gasteiger charge is 2.30.